The second kappa shape index (κ2) is 12.4. The molecule has 3 aromatic rings. The molecule has 11 heteroatoms. The highest BCUT2D eigenvalue weighted by Gasteiger charge is 2.30. The number of nitrogens with one attached hydrogen (secondary N) is 1. The average Bonchev–Trinajstić information content (AvgIpc) is 3.26. The molecule has 0 radical (unpaired) electrons. The molecular weight excluding hydrogens is 463 g/mol. The van der Waals surface area contributed by atoms with Crippen LogP contribution < -0.4 is 5.32 Å². The molecule has 188 valence electrons. The Labute approximate surface area is 201 Å². The highest BCUT2D eigenvalue weighted by Crippen LogP contribution is 2.32. The van der Waals surface area contributed by atoms with Gasteiger partial charge in [-0.2, -0.15) is 18.0 Å². The predicted octanol–water partition coefficient (Wildman–Crippen LogP) is 5.05. The molecule has 0 atom stereocenters. The Bertz CT molecular complexity index is 1100. The molecule has 0 aliphatic carbocycles. The van der Waals surface area contributed by atoms with Gasteiger partial charge in [-0.1, -0.05) is 6.92 Å². The van der Waals surface area contributed by atoms with Crippen LogP contribution in [0.4, 0.5) is 24.5 Å². The molecule has 0 bridgehead atoms. The molecule has 2 aromatic carbocycles. The summed E-state index contributed by atoms with van der Waals surface area (Å²) < 4.78 is 49.4. The summed E-state index contributed by atoms with van der Waals surface area (Å²) in [5.41, 5.74) is 1.22. The topological polar surface area (TPSA) is 91.2 Å². The van der Waals surface area contributed by atoms with Crippen molar-refractivity contribution in [3.63, 3.8) is 0 Å². The molecule has 0 amide bonds. The van der Waals surface area contributed by atoms with Crippen LogP contribution in [0.15, 0.2) is 42.5 Å². The van der Waals surface area contributed by atoms with E-state index in [0.717, 1.165) is 18.6 Å². The van der Waals surface area contributed by atoms with Crippen LogP contribution in [0.1, 0.15) is 42.1 Å². The van der Waals surface area contributed by atoms with Crippen LogP contribution in [0, 0.1) is 0 Å². The van der Waals surface area contributed by atoms with Gasteiger partial charge in [0.2, 0.25) is 5.82 Å². The number of carbonyl (C=O) groups is 1. The number of rotatable bonds is 13. The third-order valence-corrected chi connectivity index (χ3v) is 4.99. The molecule has 0 spiro atoms. The SMILES string of the molecule is CCCOCCOCCCC(=O)c1ccc(Nc2ccc(C(F)(F)F)cc2)c(-c2nnn(C)n2)c1. The summed E-state index contributed by atoms with van der Waals surface area (Å²) in [6.45, 7) is 4.21. The maximum Gasteiger partial charge on any atom is 0.416 e. The van der Waals surface area contributed by atoms with E-state index in [2.05, 4.69) is 20.7 Å². The quantitative estimate of drug-likeness (QED) is 0.264. The number of anilines is 2. The molecule has 0 saturated carbocycles. The standard InChI is InChI=1S/C24H28F3N5O3/c1-3-12-34-14-15-35-13-4-5-22(33)17-6-11-21(20(16-17)23-29-31-32(2)30-23)28-19-9-7-18(8-10-19)24(25,26)27/h6-11,16,28H,3-5,12-15H2,1-2H3. The van der Waals surface area contributed by atoms with Crippen molar-refractivity contribution in [2.24, 2.45) is 7.05 Å². The fraction of sp³-hybridized carbons (Fsp3) is 0.417. The number of ketones is 1. The number of halogens is 3. The van der Waals surface area contributed by atoms with E-state index in [9.17, 15) is 18.0 Å². The Hall–Kier alpha value is -3.31. The summed E-state index contributed by atoms with van der Waals surface area (Å²) >= 11 is 0. The van der Waals surface area contributed by atoms with Crippen LogP contribution in [0.25, 0.3) is 11.4 Å². The van der Waals surface area contributed by atoms with Crippen molar-refractivity contribution in [2.45, 2.75) is 32.4 Å². The molecule has 1 aromatic heterocycles. The predicted molar refractivity (Wildman–Crippen MR) is 124 cm³/mol. The van der Waals surface area contributed by atoms with Gasteiger partial charge in [-0.05, 0) is 60.5 Å². The summed E-state index contributed by atoms with van der Waals surface area (Å²) in [5, 5.41) is 15.2. The number of hydrogen-bond donors (Lipinski definition) is 1. The van der Waals surface area contributed by atoms with E-state index in [1.165, 1.54) is 16.9 Å². The van der Waals surface area contributed by atoms with E-state index >= 15 is 0 Å². The molecular formula is C24H28F3N5O3. The lowest BCUT2D eigenvalue weighted by molar-refractivity contribution is -0.137. The van der Waals surface area contributed by atoms with E-state index in [-0.39, 0.29) is 11.6 Å². The average molecular weight is 492 g/mol. The molecule has 3 rings (SSSR count). The van der Waals surface area contributed by atoms with Gasteiger partial charge in [-0.15, -0.1) is 10.2 Å². The first-order valence-corrected chi connectivity index (χ1v) is 11.3. The van der Waals surface area contributed by atoms with E-state index in [0.29, 0.717) is 61.8 Å². The highest BCUT2D eigenvalue weighted by molar-refractivity contribution is 5.98. The Balaban J connectivity index is 1.68. The maximum atomic E-state index is 12.9. The Morgan fingerprint density at radius 1 is 1.03 bits per heavy atom. The number of carbonyl (C=O) groups excluding carboxylic acids is 1. The molecule has 0 aliphatic heterocycles. The van der Waals surface area contributed by atoms with Gasteiger partial charge >= 0.3 is 6.18 Å². The molecule has 0 fully saturated rings. The summed E-state index contributed by atoms with van der Waals surface area (Å²) in [6.07, 6.45) is -2.59. The third kappa shape index (κ3) is 7.86. The fourth-order valence-electron chi connectivity index (χ4n) is 3.25. The number of alkyl halides is 3. The minimum atomic E-state index is -4.41. The number of benzene rings is 2. The summed E-state index contributed by atoms with van der Waals surface area (Å²) in [6, 6.07) is 9.67. The highest BCUT2D eigenvalue weighted by atomic mass is 19.4. The number of aryl methyl sites for hydroxylation is 1. The number of Topliss-reactive ketones (excluding diaryl/α,β-unsaturated/α-hetero) is 1. The molecule has 0 aliphatic rings. The number of nitrogens with zero attached hydrogens (tertiary/aromatic N) is 4. The summed E-state index contributed by atoms with van der Waals surface area (Å²) in [4.78, 5) is 14.0. The van der Waals surface area contributed by atoms with Crippen LogP contribution in [-0.2, 0) is 22.7 Å². The van der Waals surface area contributed by atoms with Gasteiger partial charge in [0, 0.05) is 42.1 Å². The normalized spacial score (nSPS) is 11.6. The van der Waals surface area contributed by atoms with Crippen molar-refractivity contribution in [1.82, 2.24) is 20.2 Å². The smallest absolute Gasteiger partial charge is 0.379 e. The summed E-state index contributed by atoms with van der Waals surface area (Å²) in [7, 11) is 1.61. The minimum Gasteiger partial charge on any atom is -0.379 e. The molecule has 0 saturated heterocycles. The van der Waals surface area contributed by atoms with Gasteiger partial charge in [-0.3, -0.25) is 4.79 Å². The van der Waals surface area contributed by atoms with Crippen molar-refractivity contribution >= 4 is 17.2 Å². The van der Waals surface area contributed by atoms with Crippen LogP contribution in [0.5, 0.6) is 0 Å². The van der Waals surface area contributed by atoms with E-state index in [4.69, 9.17) is 9.47 Å². The lowest BCUT2D eigenvalue weighted by Crippen LogP contribution is -2.08. The minimum absolute atomic E-state index is 0.0675. The first-order chi connectivity index (χ1) is 16.8. The van der Waals surface area contributed by atoms with Crippen molar-refractivity contribution in [2.75, 3.05) is 31.7 Å². The first kappa shape index (κ1) is 26.3. The van der Waals surface area contributed by atoms with Gasteiger partial charge in [0.05, 0.1) is 25.8 Å². The summed E-state index contributed by atoms with van der Waals surface area (Å²) in [5.74, 6) is 0.217. The van der Waals surface area contributed by atoms with E-state index in [1.54, 1.807) is 25.2 Å². The first-order valence-electron chi connectivity index (χ1n) is 11.3. The van der Waals surface area contributed by atoms with Crippen LogP contribution in [0.2, 0.25) is 0 Å². The van der Waals surface area contributed by atoms with Crippen LogP contribution >= 0.6 is 0 Å². The Morgan fingerprint density at radius 3 is 2.37 bits per heavy atom. The molecule has 1 N–H and O–H groups in total. The zero-order chi connectivity index (χ0) is 25.3. The number of hydrogen-bond acceptors (Lipinski definition) is 7. The molecule has 1 heterocycles. The zero-order valence-electron chi connectivity index (χ0n) is 19.6. The lowest BCUT2D eigenvalue weighted by Gasteiger charge is -2.13. The van der Waals surface area contributed by atoms with Crippen molar-refractivity contribution in [3.05, 3.63) is 53.6 Å². The largest absolute Gasteiger partial charge is 0.416 e. The number of ether oxygens (including phenoxy) is 2. The lowest BCUT2D eigenvalue weighted by atomic mass is 10.0. The van der Waals surface area contributed by atoms with Crippen molar-refractivity contribution in [1.29, 1.82) is 0 Å². The van der Waals surface area contributed by atoms with Gasteiger partial charge in [0.1, 0.15) is 0 Å². The van der Waals surface area contributed by atoms with Crippen LogP contribution in [0.3, 0.4) is 0 Å². The van der Waals surface area contributed by atoms with Gasteiger partial charge in [-0.25, -0.2) is 0 Å². The molecule has 35 heavy (non-hydrogen) atoms. The van der Waals surface area contributed by atoms with Gasteiger partial charge < -0.3 is 14.8 Å². The van der Waals surface area contributed by atoms with Gasteiger partial charge in [0.15, 0.2) is 5.78 Å². The monoisotopic (exact) mass is 491 g/mol. The van der Waals surface area contributed by atoms with Crippen molar-refractivity contribution < 1.29 is 27.4 Å². The third-order valence-electron chi connectivity index (χ3n) is 4.99. The molecule has 0 unspecified atom stereocenters. The Morgan fingerprint density at radius 2 is 1.74 bits per heavy atom. The Kier molecular flexibility index (Phi) is 9.32. The van der Waals surface area contributed by atoms with E-state index < -0.39 is 11.7 Å². The zero-order valence-corrected chi connectivity index (χ0v) is 19.6. The van der Waals surface area contributed by atoms with Gasteiger partial charge in [0.25, 0.3) is 0 Å². The fourth-order valence-corrected chi connectivity index (χ4v) is 3.25. The second-order valence-corrected chi connectivity index (χ2v) is 7.81. The number of tetrazole rings is 1. The number of aromatic nitrogens is 4. The molecule has 8 nitrogen and oxygen atoms in total. The van der Waals surface area contributed by atoms with E-state index in [1.807, 2.05) is 6.92 Å². The van der Waals surface area contributed by atoms with Crippen molar-refractivity contribution in [3.8, 4) is 11.4 Å². The second-order valence-electron chi connectivity index (χ2n) is 7.81. The maximum absolute atomic E-state index is 12.9. The van der Waals surface area contributed by atoms with Crippen LogP contribution in [-0.4, -0.2) is 52.4 Å².